The summed E-state index contributed by atoms with van der Waals surface area (Å²) in [6.07, 6.45) is 2.91. The van der Waals surface area contributed by atoms with E-state index in [-0.39, 0.29) is 0 Å². The Hall–Kier alpha value is -0.830. The lowest BCUT2D eigenvalue weighted by molar-refractivity contribution is 0.358. The summed E-state index contributed by atoms with van der Waals surface area (Å²) in [7, 11) is 0. The molecule has 3 heteroatoms. The molecule has 0 aliphatic heterocycles. The maximum Gasteiger partial charge on any atom is 0.208 e. The van der Waals surface area contributed by atoms with Gasteiger partial charge in [0.2, 0.25) is 5.89 Å². The Morgan fingerprint density at radius 1 is 1.43 bits per heavy atom. The molecule has 0 unspecified atom stereocenters. The van der Waals surface area contributed by atoms with E-state index in [9.17, 15) is 0 Å². The lowest BCUT2D eigenvalue weighted by atomic mass is 9.92. The minimum absolute atomic E-state index is 0.388. The maximum absolute atomic E-state index is 5.34. The number of nitrogens with one attached hydrogen (secondary N) is 1. The predicted octanol–water partition coefficient (Wildman–Crippen LogP) is 2.51. The van der Waals surface area contributed by atoms with Crippen molar-refractivity contribution in [1.82, 2.24) is 10.3 Å². The Balaban J connectivity index is 2.16. The highest BCUT2D eigenvalue weighted by Gasteiger charge is 2.09. The van der Waals surface area contributed by atoms with Gasteiger partial charge in [-0.05, 0) is 25.3 Å². The summed E-state index contributed by atoms with van der Waals surface area (Å²) in [4.78, 5) is 4.12. The van der Waals surface area contributed by atoms with Crippen LogP contribution in [0, 0.1) is 12.3 Å². The number of hydrogen-bond acceptors (Lipinski definition) is 3. The van der Waals surface area contributed by atoms with Crippen molar-refractivity contribution in [1.29, 1.82) is 0 Å². The highest BCUT2D eigenvalue weighted by Crippen LogP contribution is 2.16. The molecule has 1 aromatic heterocycles. The molecule has 0 spiro atoms. The molecule has 0 saturated carbocycles. The van der Waals surface area contributed by atoms with Crippen molar-refractivity contribution in [2.75, 3.05) is 6.54 Å². The van der Waals surface area contributed by atoms with Crippen LogP contribution in [0.2, 0.25) is 0 Å². The van der Waals surface area contributed by atoms with Crippen molar-refractivity contribution in [2.45, 2.75) is 40.7 Å². The van der Waals surface area contributed by atoms with Crippen LogP contribution >= 0.6 is 0 Å². The molecular formula is C11H20N2O. The zero-order valence-corrected chi connectivity index (χ0v) is 9.55. The molecule has 0 fully saturated rings. The lowest BCUT2D eigenvalue weighted by Gasteiger charge is -2.17. The van der Waals surface area contributed by atoms with Crippen LogP contribution in [0.3, 0.4) is 0 Å². The topological polar surface area (TPSA) is 38.1 Å². The maximum atomic E-state index is 5.34. The summed E-state index contributed by atoms with van der Waals surface area (Å²) in [5, 5.41) is 3.32. The van der Waals surface area contributed by atoms with Crippen LogP contribution in [-0.4, -0.2) is 11.5 Å². The number of rotatable bonds is 4. The van der Waals surface area contributed by atoms with Gasteiger partial charge in [0.25, 0.3) is 0 Å². The van der Waals surface area contributed by atoms with Gasteiger partial charge in [0.1, 0.15) is 5.76 Å². The van der Waals surface area contributed by atoms with Gasteiger partial charge in [-0.15, -0.1) is 0 Å². The fourth-order valence-corrected chi connectivity index (χ4v) is 1.14. The first-order chi connectivity index (χ1) is 6.47. The van der Waals surface area contributed by atoms with Crippen LogP contribution in [0.4, 0.5) is 0 Å². The van der Waals surface area contributed by atoms with E-state index in [0.717, 1.165) is 31.2 Å². The molecule has 1 N–H and O–H groups in total. The second kappa shape index (κ2) is 4.60. The van der Waals surface area contributed by atoms with E-state index in [0.29, 0.717) is 5.41 Å². The molecule has 0 amide bonds. The number of aryl methyl sites for hydroxylation is 1. The average Bonchev–Trinajstić information content (AvgIpc) is 2.44. The summed E-state index contributed by atoms with van der Waals surface area (Å²) in [6.45, 7) is 10.4. The second-order valence-electron chi connectivity index (χ2n) is 4.85. The van der Waals surface area contributed by atoms with Crippen molar-refractivity contribution in [3.8, 4) is 0 Å². The van der Waals surface area contributed by atoms with Crippen LogP contribution in [0.1, 0.15) is 38.8 Å². The highest BCUT2D eigenvalue weighted by atomic mass is 16.4. The Labute approximate surface area is 85.9 Å². The zero-order valence-electron chi connectivity index (χ0n) is 9.55. The van der Waals surface area contributed by atoms with E-state index in [4.69, 9.17) is 4.42 Å². The summed E-state index contributed by atoms with van der Waals surface area (Å²) in [5.74, 6) is 1.65. The summed E-state index contributed by atoms with van der Waals surface area (Å²) < 4.78 is 5.34. The minimum Gasteiger partial charge on any atom is -0.445 e. The first-order valence-electron chi connectivity index (χ1n) is 5.09. The highest BCUT2D eigenvalue weighted by molar-refractivity contribution is 4.90. The van der Waals surface area contributed by atoms with Gasteiger partial charge < -0.3 is 9.73 Å². The van der Waals surface area contributed by atoms with Gasteiger partial charge in [-0.2, -0.15) is 0 Å². The molecule has 1 rings (SSSR count). The van der Waals surface area contributed by atoms with Crippen molar-refractivity contribution >= 4 is 0 Å². The molecule has 14 heavy (non-hydrogen) atoms. The third kappa shape index (κ3) is 4.42. The van der Waals surface area contributed by atoms with Crippen molar-refractivity contribution in [3.63, 3.8) is 0 Å². The average molecular weight is 196 g/mol. The normalized spacial score (nSPS) is 12.0. The number of aromatic nitrogens is 1. The summed E-state index contributed by atoms with van der Waals surface area (Å²) >= 11 is 0. The van der Waals surface area contributed by atoms with Crippen molar-refractivity contribution < 1.29 is 4.42 Å². The number of hydrogen-bond donors (Lipinski definition) is 1. The van der Waals surface area contributed by atoms with E-state index < -0.39 is 0 Å². The molecule has 1 heterocycles. The van der Waals surface area contributed by atoms with Gasteiger partial charge in [0.15, 0.2) is 0 Å². The monoisotopic (exact) mass is 196 g/mol. The number of nitrogens with zero attached hydrogens (tertiary/aromatic N) is 1. The van der Waals surface area contributed by atoms with E-state index in [2.05, 4.69) is 31.1 Å². The molecule has 0 radical (unpaired) electrons. The Bertz CT molecular complexity index is 273. The Morgan fingerprint density at radius 2 is 2.14 bits per heavy atom. The molecule has 0 aromatic carbocycles. The largest absolute Gasteiger partial charge is 0.445 e. The molecule has 0 aliphatic carbocycles. The fraction of sp³-hybridized carbons (Fsp3) is 0.727. The van der Waals surface area contributed by atoms with Crippen LogP contribution in [-0.2, 0) is 6.54 Å². The molecule has 1 aromatic rings. The van der Waals surface area contributed by atoms with E-state index >= 15 is 0 Å². The van der Waals surface area contributed by atoms with Gasteiger partial charge in [-0.3, -0.25) is 0 Å². The molecule has 80 valence electrons. The van der Waals surface area contributed by atoms with Crippen molar-refractivity contribution in [2.24, 2.45) is 5.41 Å². The third-order valence-electron chi connectivity index (χ3n) is 2.00. The minimum atomic E-state index is 0.388. The second-order valence-corrected chi connectivity index (χ2v) is 4.85. The molecule has 0 aliphatic rings. The Kier molecular flexibility index (Phi) is 3.69. The predicted molar refractivity (Wildman–Crippen MR) is 57.0 cm³/mol. The SMILES string of the molecule is Cc1cnc(CNCCC(C)(C)C)o1. The Morgan fingerprint density at radius 3 is 2.64 bits per heavy atom. The van der Waals surface area contributed by atoms with Crippen LogP contribution in [0.5, 0.6) is 0 Å². The first kappa shape index (κ1) is 11.2. The molecule has 0 saturated heterocycles. The third-order valence-corrected chi connectivity index (χ3v) is 2.00. The standard InChI is InChI=1S/C11H20N2O/c1-9-7-13-10(14-9)8-12-6-5-11(2,3)4/h7,12H,5-6,8H2,1-4H3. The molecule has 0 bridgehead atoms. The van der Waals surface area contributed by atoms with Crippen molar-refractivity contribution in [3.05, 3.63) is 17.8 Å². The molecule has 0 atom stereocenters. The first-order valence-corrected chi connectivity index (χ1v) is 5.09. The van der Waals surface area contributed by atoms with Gasteiger partial charge in [0, 0.05) is 0 Å². The van der Waals surface area contributed by atoms with E-state index in [1.54, 1.807) is 6.20 Å². The number of oxazole rings is 1. The lowest BCUT2D eigenvalue weighted by Crippen LogP contribution is -2.20. The quantitative estimate of drug-likeness (QED) is 0.752. The zero-order chi connectivity index (χ0) is 10.6. The summed E-state index contributed by atoms with van der Waals surface area (Å²) in [6, 6.07) is 0. The van der Waals surface area contributed by atoms with Gasteiger partial charge in [0.05, 0.1) is 12.7 Å². The van der Waals surface area contributed by atoms with Gasteiger partial charge in [-0.1, -0.05) is 20.8 Å². The van der Waals surface area contributed by atoms with Crippen LogP contribution in [0.25, 0.3) is 0 Å². The van der Waals surface area contributed by atoms with Crippen LogP contribution in [0.15, 0.2) is 10.6 Å². The van der Waals surface area contributed by atoms with Gasteiger partial charge in [-0.25, -0.2) is 4.98 Å². The molecular weight excluding hydrogens is 176 g/mol. The van der Waals surface area contributed by atoms with Gasteiger partial charge >= 0.3 is 0 Å². The fourth-order valence-electron chi connectivity index (χ4n) is 1.14. The van der Waals surface area contributed by atoms with E-state index in [1.807, 2.05) is 6.92 Å². The van der Waals surface area contributed by atoms with Crippen LogP contribution < -0.4 is 5.32 Å². The van der Waals surface area contributed by atoms with E-state index in [1.165, 1.54) is 0 Å². The molecule has 3 nitrogen and oxygen atoms in total. The summed E-state index contributed by atoms with van der Waals surface area (Å²) in [5.41, 5.74) is 0.388. The smallest absolute Gasteiger partial charge is 0.208 e.